The minimum atomic E-state index is -0.236. The number of imidazole rings is 1. The maximum Gasteiger partial charge on any atom is 0.245 e. The number of carbonyl (C=O) groups excluding carboxylic acids is 1. The summed E-state index contributed by atoms with van der Waals surface area (Å²) in [5.41, 5.74) is 0.996. The lowest BCUT2D eigenvalue weighted by Gasteiger charge is -2.37. The van der Waals surface area contributed by atoms with Gasteiger partial charge in [-0.15, -0.1) is 0 Å². The van der Waals surface area contributed by atoms with E-state index in [9.17, 15) is 9.18 Å². The monoisotopic (exact) mass is 302 g/mol. The summed E-state index contributed by atoms with van der Waals surface area (Å²) in [6.45, 7) is 4.75. The highest BCUT2D eigenvalue weighted by Gasteiger charge is 2.25. The Hall–Kier alpha value is -2.37. The molecule has 0 unspecified atom stereocenters. The number of hydrogen-bond donors (Lipinski definition) is 0. The van der Waals surface area contributed by atoms with Crippen molar-refractivity contribution in [2.45, 2.75) is 13.0 Å². The first kappa shape index (κ1) is 14.6. The maximum atomic E-state index is 13.0. The lowest BCUT2D eigenvalue weighted by molar-refractivity contribution is -0.134. The van der Waals surface area contributed by atoms with Gasteiger partial charge in [0.25, 0.3) is 0 Å². The number of anilines is 1. The quantitative estimate of drug-likeness (QED) is 0.870. The van der Waals surface area contributed by atoms with Gasteiger partial charge in [0.05, 0.1) is 6.33 Å². The third kappa shape index (κ3) is 2.95. The summed E-state index contributed by atoms with van der Waals surface area (Å²) in [6, 6.07) is 6.25. The zero-order valence-corrected chi connectivity index (χ0v) is 12.5. The molecule has 6 heteroatoms. The molecule has 2 aromatic rings. The van der Waals surface area contributed by atoms with E-state index in [1.165, 1.54) is 12.1 Å². The van der Waals surface area contributed by atoms with Crippen LogP contribution < -0.4 is 4.90 Å². The summed E-state index contributed by atoms with van der Waals surface area (Å²) in [5, 5.41) is 0. The van der Waals surface area contributed by atoms with Crippen LogP contribution in [-0.4, -0.2) is 46.5 Å². The normalized spacial score (nSPS) is 16.6. The summed E-state index contributed by atoms with van der Waals surface area (Å²) < 4.78 is 14.8. The van der Waals surface area contributed by atoms with Crippen molar-refractivity contribution in [2.24, 2.45) is 0 Å². The van der Waals surface area contributed by atoms with Crippen molar-refractivity contribution >= 4 is 11.6 Å². The Labute approximate surface area is 129 Å². The van der Waals surface area contributed by atoms with Crippen LogP contribution in [0.25, 0.3) is 0 Å². The Morgan fingerprint density at radius 1 is 1.18 bits per heavy atom. The number of hydrogen-bond acceptors (Lipinski definition) is 3. The Balaban J connectivity index is 1.59. The van der Waals surface area contributed by atoms with E-state index in [0.717, 1.165) is 18.8 Å². The SMILES string of the molecule is C[C@H](C(=O)N1CCN(c2ccc(F)cc2)CC1)n1ccnc1. The van der Waals surface area contributed by atoms with Gasteiger partial charge in [-0.05, 0) is 31.2 Å². The fraction of sp³-hybridized carbons (Fsp3) is 0.375. The van der Waals surface area contributed by atoms with Crippen LogP contribution in [0.4, 0.5) is 10.1 Å². The van der Waals surface area contributed by atoms with Gasteiger partial charge in [-0.2, -0.15) is 0 Å². The smallest absolute Gasteiger partial charge is 0.245 e. The highest BCUT2D eigenvalue weighted by molar-refractivity contribution is 5.80. The molecule has 22 heavy (non-hydrogen) atoms. The lowest BCUT2D eigenvalue weighted by Crippen LogP contribution is -2.50. The zero-order chi connectivity index (χ0) is 15.5. The Bertz CT molecular complexity index is 618. The molecule has 0 aliphatic carbocycles. The Morgan fingerprint density at radius 3 is 2.45 bits per heavy atom. The summed E-state index contributed by atoms with van der Waals surface area (Å²) in [6.07, 6.45) is 5.14. The highest BCUT2D eigenvalue weighted by Crippen LogP contribution is 2.18. The van der Waals surface area contributed by atoms with Gasteiger partial charge in [-0.25, -0.2) is 9.37 Å². The van der Waals surface area contributed by atoms with E-state index in [4.69, 9.17) is 0 Å². The van der Waals surface area contributed by atoms with Crippen LogP contribution in [0, 0.1) is 5.82 Å². The average molecular weight is 302 g/mol. The molecule has 0 N–H and O–H groups in total. The van der Waals surface area contributed by atoms with E-state index in [-0.39, 0.29) is 17.8 Å². The fourth-order valence-corrected chi connectivity index (χ4v) is 2.73. The van der Waals surface area contributed by atoms with E-state index in [2.05, 4.69) is 9.88 Å². The summed E-state index contributed by atoms with van der Waals surface area (Å²) in [4.78, 5) is 20.5. The molecule has 3 rings (SSSR count). The zero-order valence-electron chi connectivity index (χ0n) is 12.5. The van der Waals surface area contributed by atoms with Crippen LogP contribution in [-0.2, 0) is 4.79 Å². The number of benzene rings is 1. The summed E-state index contributed by atoms with van der Waals surface area (Å²) >= 11 is 0. The first-order valence-corrected chi connectivity index (χ1v) is 7.42. The van der Waals surface area contributed by atoms with Gasteiger partial charge in [0.2, 0.25) is 5.91 Å². The van der Waals surface area contributed by atoms with E-state index in [1.54, 1.807) is 30.9 Å². The van der Waals surface area contributed by atoms with Gasteiger partial charge >= 0.3 is 0 Å². The molecule has 1 aromatic carbocycles. The van der Waals surface area contributed by atoms with Crippen LogP contribution in [0.15, 0.2) is 43.0 Å². The third-order valence-corrected chi connectivity index (χ3v) is 4.11. The van der Waals surface area contributed by atoms with Gasteiger partial charge < -0.3 is 14.4 Å². The molecule has 0 bridgehead atoms. The predicted octanol–water partition coefficient (Wildman–Crippen LogP) is 1.93. The molecule has 1 fully saturated rings. The fourth-order valence-electron chi connectivity index (χ4n) is 2.73. The van der Waals surface area contributed by atoms with Crippen molar-refractivity contribution in [3.8, 4) is 0 Å². The molecule has 1 aromatic heterocycles. The standard InChI is InChI=1S/C16H19FN4O/c1-13(21-7-6-18-12-21)16(22)20-10-8-19(9-11-20)15-4-2-14(17)3-5-15/h2-7,12-13H,8-11H2,1H3/t13-/m1/s1. The molecule has 0 saturated carbocycles. The Kier molecular flexibility index (Phi) is 4.09. The van der Waals surface area contributed by atoms with Gasteiger partial charge in [0, 0.05) is 44.3 Å². The number of aromatic nitrogens is 2. The number of piperazine rings is 1. The van der Waals surface area contributed by atoms with Gasteiger partial charge in [-0.3, -0.25) is 4.79 Å². The Morgan fingerprint density at radius 2 is 1.86 bits per heavy atom. The van der Waals surface area contributed by atoms with Crippen molar-refractivity contribution in [3.63, 3.8) is 0 Å². The number of nitrogens with zero attached hydrogens (tertiary/aromatic N) is 4. The van der Waals surface area contributed by atoms with Gasteiger partial charge in [-0.1, -0.05) is 0 Å². The summed E-state index contributed by atoms with van der Waals surface area (Å²) in [7, 11) is 0. The number of rotatable bonds is 3. The minimum Gasteiger partial charge on any atom is -0.368 e. The minimum absolute atomic E-state index is 0.108. The first-order chi connectivity index (χ1) is 10.6. The van der Waals surface area contributed by atoms with E-state index in [0.29, 0.717) is 13.1 Å². The van der Waals surface area contributed by atoms with Crippen molar-refractivity contribution in [1.82, 2.24) is 14.5 Å². The van der Waals surface area contributed by atoms with Crippen molar-refractivity contribution in [1.29, 1.82) is 0 Å². The third-order valence-electron chi connectivity index (χ3n) is 4.11. The van der Waals surface area contributed by atoms with E-state index < -0.39 is 0 Å². The van der Waals surface area contributed by atoms with Crippen LogP contribution in [0.5, 0.6) is 0 Å². The number of carbonyl (C=O) groups is 1. The second-order valence-corrected chi connectivity index (χ2v) is 5.47. The lowest BCUT2D eigenvalue weighted by atomic mass is 10.2. The molecule has 1 atom stereocenters. The van der Waals surface area contributed by atoms with Crippen LogP contribution in [0.1, 0.15) is 13.0 Å². The van der Waals surface area contributed by atoms with Crippen LogP contribution in [0.3, 0.4) is 0 Å². The molecule has 0 radical (unpaired) electrons. The molecular formula is C16H19FN4O. The van der Waals surface area contributed by atoms with Crippen LogP contribution >= 0.6 is 0 Å². The molecular weight excluding hydrogens is 283 g/mol. The average Bonchev–Trinajstić information content (AvgIpc) is 3.09. The van der Waals surface area contributed by atoms with Crippen molar-refractivity contribution in [2.75, 3.05) is 31.1 Å². The molecule has 1 aliphatic rings. The summed E-state index contributed by atoms with van der Waals surface area (Å²) in [5.74, 6) is -0.122. The molecule has 5 nitrogen and oxygen atoms in total. The second-order valence-electron chi connectivity index (χ2n) is 5.47. The molecule has 1 aliphatic heterocycles. The topological polar surface area (TPSA) is 41.4 Å². The van der Waals surface area contributed by atoms with Crippen molar-refractivity contribution < 1.29 is 9.18 Å². The van der Waals surface area contributed by atoms with Gasteiger partial charge in [0.1, 0.15) is 11.9 Å². The molecule has 1 amide bonds. The van der Waals surface area contributed by atoms with Crippen LogP contribution in [0.2, 0.25) is 0 Å². The van der Waals surface area contributed by atoms with E-state index in [1.807, 2.05) is 16.4 Å². The number of amides is 1. The van der Waals surface area contributed by atoms with E-state index >= 15 is 0 Å². The molecule has 0 spiro atoms. The first-order valence-electron chi connectivity index (χ1n) is 7.42. The van der Waals surface area contributed by atoms with Crippen molar-refractivity contribution in [3.05, 3.63) is 48.8 Å². The molecule has 2 heterocycles. The largest absolute Gasteiger partial charge is 0.368 e. The second kappa shape index (κ2) is 6.17. The highest BCUT2D eigenvalue weighted by atomic mass is 19.1. The predicted molar refractivity (Wildman–Crippen MR) is 82.1 cm³/mol. The molecule has 1 saturated heterocycles. The number of halogens is 1. The maximum absolute atomic E-state index is 13.0. The van der Waals surface area contributed by atoms with Gasteiger partial charge in [0.15, 0.2) is 0 Å². The molecule has 116 valence electrons.